The second-order valence-corrected chi connectivity index (χ2v) is 6.33. The summed E-state index contributed by atoms with van der Waals surface area (Å²) in [6.07, 6.45) is -3.82. The van der Waals surface area contributed by atoms with Gasteiger partial charge in [0.05, 0.1) is 5.56 Å². The van der Waals surface area contributed by atoms with Crippen LogP contribution in [0.1, 0.15) is 17.2 Å². The van der Waals surface area contributed by atoms with Crippen LogP contribution in [-0.4, -0.2) is 37.8 Å². The summed E-state index contributed by atoms with van der Waals surface area (Å²) in [5.41, 5.74) is 0.236. The summed E-state index contributed by atoms with van der Waals surface area (Å²) in [6.45, 7) is 3.77. The van der Waals surface area contributed by atoms with E-state index in [1.807, 2.05) is 35.2 Å². The molecule has 0 spiro atoms. The number of piperazine rings is 1. The van der Waals surface area contributed by atoms with E-state index in [4.69, 9.17) is 0 Å². The number of halogens is 3. The Bertz CT molecular complexity index is 668. The molecule has 2 aromatic rings. The van der Waals surface area contributed by atoms with Crippen LogP contribution in [0, 0.1) is 0 Å². The molecule has 1 saturated heterocycles. The van der Waals surface area contributed by atoms with E-state index in [9.17, 15) is 18.3 Å². The van der Waals surface area contributed by atoms with Gasteiger partial charge in [-0.3, -0.25) is 4.90 Å². The van der Waals surface area contributed by atoms with Crippen LogP contribution in [0.2, 0.25) is 0 Å². The summed E-state index contributed by atoms with van der Waals surface area (Å²) in [4.78, 5) is 6.07. The van der Waals surface area contributed by atoms with Gasteiger partial charge in [0.25, 0.3) is 5.82 Å². The van der Waals surface area contributed by atoms with Crippen LogP contribution >= 0.6 is 0 Å². The number of aromatic nitrogens is 1. The molecule has 1 aromatic carbocycles. The van der Waals surface area contributed by atoms with Crippen LogP contribution in [-0.2, 0) is 6.18 Å². The first-order valence-electron chi connectivity index (χ1n) is 8.34. The maximum absolute atomic E-state index is 12.6. The molecule has 1 aliphatic rings. The average Bonchev–Trinajstić information content (AvgIpc) is 2.62. The minimum absolute atomic E-state index is 0.500. The SMILES string of the molecule is O[C@@H](C[NH+]1CCN(c2ccc(C(F)(F)F)c[nH+]2)CC1)c1ccccc1. The van der Waals surface area contributed by atoms with Gasteiger partial charge in [-0.1, -0.05) is 30.3 Å². The van der Waals surface area contributed by atoms with Gasteiger partial charge in [0, 0.05) is 6.07 Å². The van der Waals surface area contributed by atoms with Gasteiger partial charge in [-0.15, -0.1) is 0 Å². The van der Waals surface area contributed by atoms with E-state index in [1.165, 1.54) is 11.0 Å². The number of rotatable bonds is 4. The van der Waals surface area contributed by atoms with Crippen molar-refractivity contribution in [1.82, 2.24) is 0 Å². The molecule has 0 bridgehead atoms. The van der Waals surface area contributed by atoms with Gasteiger partial charge in [0.1, 0.15) is 45.0 Å². The van der Waals surface area contributed by atoms with E-state index in [-0.39, 0.29) is 0 Å². The summed E-state index contributed by atoms with van der Waals surface area (Å²) >= 11 is 0. The molecule has 134 valence electrons. The highest BCUT2D eigenvalue weighted by atomic mass is 19.4. The smallest absolute Gasteiger partial charge is 0.382 e. The quantitative estimate of drug-likeness (QED) is 0.860. The summed E-state index contributed by atoms with van der Waals surface area (Å²) in [5.74, 6) is 0.690. The fourth-order valence-electron chi connectivity index (χ4n) is 3.12. The highest BCUT2D eigenvalue weighted by Gasteiger charge is 2.33. The second-order valence-electron chi connectivity index (χ2n) is 6.33. The largest absolute Gasteiger partial charge is 0.419 e. The molecule has 1 fully saturated rings. The van der Waals surface area contributed by atoms with E-state index in [0.29, 0.717) is 12.4 Å². The number of hydrogen-bond acceptors (Lipinski definition) is 2. The number of aliphatic hydroxyl groups is 1. The predicted molar refractivity (Wildman–Crippen MR) is 87.2 cm³/mol. The van der Waals surface area contributed by atoms with Gasteiger partial charge < -0.3 is 10.0 Å². The number of alkyl halides is 3. The van der Waals surface area contributed by atoms with Gasteiger partial charge in [0.15, 0.2) is 0 Å². The summed E-state index contributed by atoms with van der Waals surface area (Å²) in [7, 11) is 0. The monoisotopic (exact) mass is 353 g/mol. The maximum Gasteiger partial charge on any atom is 0.419 e. The van der Waals surface area contributed by atoms with Crippen LogP contribution in [0.5, 0.6) is 0 Å². The fraction of sp³-hybridized carbons (Fsp3) is 0.389. The summed E-state index contributed by atoms with van der Waals surface area (Å²) in [5, 5.41) is 10.3. The zero-order chi connectivity index (χ0) is 17.9. The molecule has 25 heavy (non-hydrogen) atoms. The average molecular weight is 353 g/mol. The lowest BCUT2D eigenvalue weighted by atomic mass is 10.1. The number of H-pyrrole nitrogens is 1. The third-order valence-corrected chi connectivity index (χ3v) is 4.60. The lowest BCUT2D eigenvalue weighted by Crippen LogP contribution is -3.15. The number of aromatic amines is 1. The molecule has 1 aromatic heterocycles. The third kappa shape index (κ3) is 4.49. The first-order valence-corrected chi connectivity index (χ1v) is 8.34. The van der Waals surface area contributed by atoms with Crippen LogP contribution < -0.4 is 14.8 Å². The Kier molecular flexibility index (Phi) is 5.24. The molecule has 3 N–H and O–H groups in total. The number of nitrogens with zero attached hydrogens (tertiary/aromatic N) is 1. The van der Waals surface area contributed by atoms with Crippen molar-refractivity contribution in [2.24, 2.45) is 0 Å². The van der Waals surface area contributed by atoms with Crippen molar-refractivity contribution in [1.29, 1.82) is 0 Å². The van der Waals surface area contributed by atoms with E-state index >= 15 is 0 Å². The lowest BCUT2D eigenvalue weighted by molar-refractivity contribution is -0.904. The van der Waals surface area contributed by atoms with Crippen LogP contribution in [0.4, 0.5) is 19.0 Å². The van der Waals surface area contributed by atoms with Crippen molar-refractivity contribution in [3.8, 4) is 0 Å². The Morgan fingerprint density at radius 1 is 1.08 bits per heavy atom. The molecule has 0 saturated carbocycles. The van der Waals surface area contributed by atoms with E-state index in [2.05, 4.69) is 4.98 Å². The molecule has 0 unspecified atom stereocenters. The van der Waals surface area contributed by atoms with Crippen LogP contribution in [0.15, 0.2) is 48.7 Å². The van der Waals surface area contributed by atoms with Gasteiger partial charge in [-0.25, -0.2) is 4.98 Å². The molecule has 4 nitrogen and oxygen atoms in total. The van der Waals surface area contributed by atoms with E-state index < -0.39 is 17.8 Å². The molecule has 3 rings (SSSR count). The van der Waals surface area contributed by atoms with Crippen molar-refractivity contribution in [3.05, 3.63) is 59.8 Å². The Balaban J connectivity index is 1.53. The number of anilines is 1. The molecule has 0 aliphatic carbocycles. The first-order chi connectivity index (χ1) is 11.9. The van der Waals surface area contributed by atoms with Crippen molar-refractivity contribution in [2.75, 3.05) is 37.6 Å². The highest BCUT2D eigenvalue weighted by Crippen LogP contribution is 2.28. The Morgan fingerprint density at radius 3 is 2.32 bits per heavy atom. The zero-order valence-corrected chi connectivity index (χ0v) is 13.8. The normalized spacial score (nSPS) is 17.5. The Morgan fingerprint density at radius 2 is 1.76 bits per heavy atom. The Labute approximate surface area is 144 Å². The molecule has 1 aliphatic heterocycles. The molecular weight excluding hydrogens is 331 g/mol. The van der Waals surface area contributed by atoms with Crippen molar-refractivity contribution in [2.45, 2.75) is 12.3 Å². The topological polar surface area (TPSA) is 42.1 Å². The molecular formula is C18H22F3N3O+2. The minimum atomic E-state index is -4.33. The predicted octanol–water partition coefficient (Wildman–Crippen LogP) is 0.958. The zero-order valence-electron chi connectivity index (χ0n) is 13.8. The van der Waals surface area contributed by atoms with Crippen LogP contribution in [0.25, 0.3) is 0 Å². The number of aliphatic hydroxyl groups excluding tert-OH is 1. The lowest BCUT2D eigenvalue weighted by Gasteiger charge is -2.29. The minimum Gasteiger partial charge on any atom is -0.382 e. The third-order valence-electron chi connectivity index (χ3n) is 4.60. The van der Waals surface area contributed by atoms with Gasteiger partial charge in [-0.2, -0.15) is 13.2 Å². The number of nitrogens with one attached hydrogen (secondary N) is 2. The number of pyridine rings is 1. The van der Waals surface area contributed by atoms with Crippen LogP contribution in [0.3, 0.4) is 0 Å². The Hall–Kier alpha value is -2.12. The van der Waals surface area contributed by atoms with Gasteiger partial charge >= 0.3 is 6.18 Å². The number of benzene rings is 1. The van der Waals surface area contributed by atoms with E-state index in [0.717, 1.165) is 44.0 Å². The standard InChI is InChI=1S/C18H20F3N3O/c19-18(20,21)15-6-7-17(22-12-15)24-10-8-23(9-11-24)13-16(25)14-4-2-1-3-5-14/h1-7,12,16,25H,8-11,13H2/p+2/t16-/m0/s1. The van der Waals surface area contributed by atoms with Crippen molar-refractivity contribution < 1.29 is 28.2 Å². The maximum atomic E-state index is 12.6. The number of hydrogen-bond donors (Lipinski definition) is 2. The molecule has 2 heterocycles. The van der Waals surface area contributed by atoms with Gasteiger partial charge in [-0.05, 0) is 11.6 Å². The summed E-state index contributed by atoms with van der Waals surface area (Å²) in [6, 6.07) is 12.1. The molecule has 7 heteroatoms. The van der Waals surface area contributed by atoms with E-state index in [1.54, 1.807) is 0 Å². The first kappa shape index (κ1) is 17.7. The van der Waals surface area contributed by atoms with Crippen molar-refractivity contribution in [3.63, 3.8) is 0 Å². The number of quaternary nitrogens is 1. The molecule has 1 atom stereocenters. The van der Waals surface area contributed by atoms with Gasteiger partial charge in [0.2, 0.25) is 0 Å². The van der Waals surface area contributed by atoms with Crippen molar-refractivity contribution >= 4 is 5.82 Å². The second kappa shape index (κ2) is 7.41. The fourth-order valence-corrected chi connectivity index (χ4v) is 3.12. The molecule has 0 amide bonds. The summed E-state index contributed by atoms with van der Waals surface area (Å²) < 4.78 is 37.8. The molecule has 0 radical (unpaired) electrons. The highest BCUT2D eigenvalue weighted by molar-refractivity contribution is 5.34.